The van der Waals surface area contributed by atoms with E-state index in [-0.39, 0.29) is 29.3 Å². The van der Waals surface area contributed by atoms with Gasteiger partial charge in [0.25, 0.3) is 0 Å². The topological polar surface area (TPSA) is 121 Å². The monoisotopic (exact) mass is 615 g/mol. The van der Waals surface area contributed by atoms with Crippen LogP contribution < -0.4 is 5.62 Å². The molecular weight excluding hydrogens is 562 g/mol. The molecule has 0 atom stereocenters. The van der Waals surface area contributed by atoms with Gasteiger partial charge in [0.15, 0.2) is 5.78 Å². The van der Waals surface area contributed by atoms with E-state index < -0.39 is 35.1 Å². The second-order valence-electron chi connectivity index (χ2n) is 14.4. The molecule has 246 valence electrons. The highest BCUT2D eigenvalue weighted by atomic mass is 16.7. The van der Waals surface area contributed by atoms with E-state index in [1.165, 1.54) is 0 Å². The van der Waals surface area contributed by atoms with Gasteiger partial charge in [0.1, 0.15) is 5.75 Å². The van der Waals surface area contributed by atoms with Gasteiger partial charge in [0, 0.05) is 42.7 Å². The maximum atomic E-state index is 13.8. The molecule has 1 aromatic carbocycles. The van der Waals surface area contributed by atoms with Crippen LogP contribution in [0.25, 0.3) is 0 Å². The van der Waals surface area contributed by atoms with Crippen LogP contribution in [-0.4, -0.2) is 51.6 Å². The first kappa shape index (κ1) is 36.8. The van der Waals surface area contributed by atoms with E-state index >= 15 is 0 Å². The van der Waals surface area contributed by atoms with Crippen LogP contribution in [0.1, 0.15) is 117 Å². The molecule has 1 N–H and O–H groups in total. The zero-order valence-electron chi connectivity index (χ0n) is 28.8. The van der Waals surface area contributed by atoms with E-state index in [1.807, 2.05) is 41.5 Å². The summed E-state index contributed by atoms with van der Waals surface area (Å²) in [6, 6.07) is 3.49. The SMILES string of the molecule is CCC(CC)(CCn1ccn(CC(=O)c2cc(C(C)(C)C)c(O)c(C(C)(C)C)c2)/c1=N/C(=O)OCOC(=O)C(C)(C)C)OC. The van der Waals surface area contributed by atoms with Crippen LogP contribution in [0.4, 0.5) is 4.79 Å². The number of Topliss-reactive ketones (excluding diaryl/α,β-unsaturated/α-hetero) is 1. The number of phenols is 1. The van der Waals surface area contributed by atoms with E-state index in [1.54, 1.807) is 61.5 Å². The van der Waals surface area contributed by atoms with Gasteiger partial charge in [-0.1, -0.05) is 55.4 Å². The molecule has 1 amide bonds. The number of amides is 1. The number of nitrogens with zero attached hydrogens (tertiary/aromatic N) is 3. The van der Waals surface area contributed by atoms with Gasteiger partial charge < -0.3 is 28.5 Å². The van der Waals surface area contributed by atoms with Crippen molar-refractivity contribution in [2.75, 3.05) is 13.9 Å². The summed E-state index contributed by atoms with van der Waals surface area (Å²) in [5.41, 5.74) is 0.149. The van der Waals surface area contributed by atoms with Crippen LogP contribution in [0.5, 0.6) is 5.75 Å². The Balaban J connectivity index is 2.52. The van der Waals surface area contributed by atoms with Crippen LogP contribution >= 0.6 is 0 Å². The summed E-state index contributed by atoms with van der Waals surface area (Å²) in [7, 11) is 1.69. The first-order chi connectivity index (χ1) is 20.2. The highest BCUT2D eigenvalue weighted by Gasteiger charge is 2.29. The van der Waals surface area contributed by atoms with Crippen molar-refractivity contribution in [3.63, 3.8) is 0 Å². The number of ketones is 1. The van der Waals surface area contributed by atoms with Gasteiger partial charge in [-0.3, -0.25) is 9.59 Å². The van der Waals surface area contributed by atoms with Gasteiger partial charge >= 0.3 is 12.1 Å². The molecule has 0 fully saturated rings. The van der Waals surface area contributed by atoms with Crippen molar-refractivity contribution in [2.24, 2.45) is 10.4 Å². The van der Waals surface area contributed by atoms with Crippen molar-refractivity contribution in [2.45, 2.75) is 125 Å². The standard InChI is InChI=1S/C34H53N3O7/c1-13-34(14-2,42-12)15-16-36-17-18-37(29(36)35-30(41)44-22-43-28(40)33(9,10)11)21-26(38)23-19-24(31(3,4)5)27(39)25(20-23)32(6,7)8/h17-20,39H,13-16,21-22H2,1-12H3/b35-29+. The Kier molecular flexibility index (Phi) is 11.8. The van der Waals surface area contributed by atoms with Crippen LogP contribution in [0.3, 0.4) is 0 Å². The van der Waals surface area contributed by atoms with Crippen molar-refractivity contribution >= 4 is 17.8 Å². The van der Waals surface area contributed by atoms with Crippen LogP contribution in [0.15, 0.2) is 29.5 Å². The normalized spacial score (nSPS) is 13.2. The van der Waals surface area contributed by atoms with E-state index in [2.05, 4.69) is 18.8 Å². The molecule has 0 saturated heterocycles. The molecule has 2 aromatic rings. The molecule has 0 unspecified atom stereocenters. The van der Waals surface area contributed by atoms with Gasteiger partial charge in [-0.05, 0) is 63.0 Å². The predicted octanol–water partition coefficient (Wildman–Crippen LogP) is 6.65. The maximum Gasteiger partial charge on any atom is 0.439 e. The van der Waals surface area contributed by atoms with Crippen LogP contribution in [0, 0.1) is 5.41 Å². The first-order valence-electron chi connectivity index (χ1n) is 15.3. The average molecular weight is 616 g/mol. The number of carbonyl (C=O) groups is 3. The summed E-state index contributed by atoms with van der Waals surface area (Å²) >= 11 is 0. The second kappa shape index (κ2) is 14.1. The zero-order valence-corrected chi connectivity index (χ0v) is 28.8. The summed E-state index contributed by atoms with van der Waals surface area (Å²) in [6.45, 7) is 21.0. The van der Waals surface area contributed by atoms with E-state index in [0.717, 1.165) is 12.8 Å². The molecule has 0 aliphatic rings. The lowest BCUT2D eigenvalue weighted by Crippen LogP contribution is -2.35. The third-order valence-electron chi connectivity index (χ3n) is 8.01. The number of ether oxygens (including phenoxy) is 3. The maximum absolute atomic E-state index is 13.8. The highest BCUT2D eigenvalue weighted by molar-refractivity contribution is 5.96. The zero-order chi connectivity index (χ0) is 33.7. The number of hydrogen-bond donors (Lipinski definition) is 1. The number of methoxy groups -OCH3 is 1. The number of aromatic hydroxyl groups is 1. The molecule has 10 heteroatoms. The van der Waals surface area contributed by atoms with Crippen molar-refractivity contribution in [1.29, 1.82) is 0 Å². The van der Waals surface area contributed by atoms with Crippen LogP contribution in [0.2, 0.25) is 0 Å². The summed E-state index contributed by atoms with van der Waals surface area (Å²) in [5.74, 6) is -0.525. The summed E-state index contributed by atoms with van der Waals surface area (Å²) in [4.78, 5) is 42.8. The molecule has 2 rings (SSSR count). The number of esters is 1. The molecule has 10 nitrogen and oxygen atoms in total. The fraction of sp³-hybridized carbons (Fsp3) is 0.647. The summed E-state index contributed by atoms with van der Waals surface area (Å²) in [6.07, 6.45) is 4.78. The van der Waals surface area contributed by atoms with E-state index in [9.17, 15) is 19.5 Å². The molecule has 1 heterocycles. The molecule has 0 radical (unpaired) electrons. The van der Waals surface area contributed by atoms with Gasteiger partial charge in [0.2, 0.25) is 12.4 Å². The lowest BCUT2D eigenvalue weighted by atomic mass is 9.78. The van der Waals surface area contributed by atoms with Gasteiger partial charge in [-0.2, -0.15) is 0 Å². The molecule has 44 heavy (non-hydrogen) atoms. The van der Waals surface area contributed by atoms with Gasteiger partial charge in [-0.25, -0.2) is 4.79 Å². The Morgan fingerprint density at radius 2 is 1.36 bits per heavy atom. The Bertz CT molecular complexity index is 1350. The molecule has 0 bridgehead atoms. The number of aromatic nitrogens is 2. The number of imidazole rings is 1. The third kappa shape index (κ3) is 9.30. The lowest BCUT2D eigenvalue weighted by molar-refractivity contribution is -0.161. The van der Waals surface area contributed by atoms with E-state index in [4.69, 9.17) is 14.2 Å². The second-order valence-corrected chi connectivity index (χ2v) is 14.4. The minimum atomic E-state index is -0.952. The van der Waals surface area contributed by atoms with Crippen molar-refractivity contribution < 1.29 is 33.7 Å². The third-order valence-corrected chi connectivity index (χ3v) is 8.01. The Hall–Kier alpha value is -3.40. The smallest absolute Gasteiger partial charge is 0.439 e. The Labute approximate surface area is 262 Å². The Morgan fingerprint density at radius 1 is 0.841 bits per heavy atom. The number of carbonyl (C=O) groups excluding carboxylic acids is 3. The minimum Gasteiger partial charge on any atom is -0.507 e. The minimum absolute atomic E-state index is 0.104. The molecule has 1 aromatic heterocycles. The fourth-order valence-corrected chi connectivity index (χ4v) is 4.85. The molecule has 0 saturated carbocycles. The van der Waals surface area contributed by atoms with Crippen molar-refractivity contribution in [3.8, 4) is 5.75 Å². The number of benzene rings is 1. The van der Waals surface area contributed by atoms with Gasteiger partial charge in [-0.15, -0.1) is 4.99 Å². The molecule has 0 aliphatic heterocycles. The molecule has 0 spiro atoms. The predicted molar refractivity (Wildman–Crippen MR) is 170 cm³/mol. The lowest BCUT2D eigenvalue weighted by Gasteiger charge is -2.30. The Morgan fingerprint density at radius 3 is 1.82 bits per heavy atom. The summed E-state index contributed by atoms with van der Waals surface area (Å²) < 4.78 is 19.4. The number of rotatable bonds is 11. The first-order valence-corrected chi connectivity index (χ1v) is 15.3. The molecule has 0 aliphatic carbocycles. The van der Waals surface area contributed by atoms with Crippen molar-refractivity contribution in [3.05, 3.63) is 46.8 Å². The molecular formula is C34H53N3O7. The largest absolute Gasteiger partial charge is 0.507 e. The quantitative estimate of drug-likeness (QED) is 0.171. The number of aryl methyl sites for hydroxylation is 1. The highest BCUT2D eigenvalue weighted by Crippen LogP contribution is 2.40. The van der Waals surface area contributed by atoms with Crippen molar-refractivity contribution in [1.82, 2.24) is 9.13 Å². The number of phenolic OH excluding ortho intramolecular Hbond substituents is 1. The van der Waals surface area contributed by atoms with Gasteiger partial charge in [0.05, 0.1) is 17.6 Å². The fourth-order valence-electron chi connectivity index (χ4n) is 4.85. The average Bonchev–Trinajstić information content (AvgIpc) is 3.28. The summed E-state index contributed by atoms with van der Waals surface area (Å²) in [5, 5.41) is 11.1. The number of hydrogen-bond acceptors (Lipinski definition) is 7. The van der Waals surface area contributed by atoms with E-state index in [0.29, 0.717) is 29.7 Å². The van der Waals surface area contributed by atoms with Crippen LogP contribution in [-0.2, 0) is 42.9 Å².